The van der Waals surface area contributed by atoms with Crippen molar-refractivity contribution in [3.63, 3.8) is 0 Å². The van der Waals surface area contributed by atoms with Crippen LogP contribution in [0.3, 0.4) is 0 Å². The average Bonchev–Trinajstić information content (AvgIpc) is 3.43. The molecule has 0 aromatic heterocycles. The van der Waals surface area contributed by atoms with Crippen LogP contribution in [0.2, 0.25) is 0 Å². The van der Waals surface area contributed by atoms with Crippen LogP contribution in [0, 0.1) is 0 Å². The lowest BCUT2D eigenvalue weighted by Gasteiger charge is -2.33. The molecule has 0 bridgehead atoms. The quantitative estimate of drug-likeness (QED) is 0.446. The predicted octanol–water partition coefficient (Wildman–Crippen LogP) is 5.08. The van der Waals surface area contributed by atoms with Gasteiger partial charge >= 0.3 is 0 Å². The van der Waals surface area contributed by atoms with Crippen LogP contribution in [-0.2, 0) is 24.8 Å². The van der Waals surface area contributed by atoms with Crippen molar-refractivity contribution in [2.75, 3.05) is 0 Å². The largest absolute Gasteiger partial charge is 0.326 e. The van der Waals surface area contributed by atoms with E-state index in [1.165, 1.54) is 39.9 Å². The van der Waals surface area contributed by atoms with E-state index in [4.69, 9.17) is 5.73 Å². The molecular formula is C30H28NP. The van der Waals surface area contributed by atoms with Gasteiger partial charge in [-0.2, -0.15) is 0 Å². The summed E-state index contributed by atoms with van der Waals surface area (Å²) in [6, 6.07) is 36.1. The summed E-state index contributed by atoms with van der Waals surface area (Å²) in [5.41, 5.74) is 13.9. The van der Waals surface area contributed by atoms with E-state index < -0.39 is 7.92 Å². The van der Waals surface area contributed by atoms with E-state index >= 15 is 0 Å². The van der Waals surface area contributed by atoms with Crippen molar-refractivity contribution >= 4 is 23.8 Å². The molecule has 0 saturated carbocycles. The molecule has 0 radical (unpaired) electrons. The smallest absolute Gasteiger partial charge is 0.0224 e. The van der Waals surface area contributed by atoms with Gasteiger partial charge in [0.05, 0.1) is 0 Å². The minimum absolute atomic E-state index is 0.112. The molecule has 0 fully saturated rings. The van der Waals surface area contributed by atoms with E-state index in [0.29, 0.717) is 6.54 Å². The molecule has 158 valence electrons. The summed E-state index contributed by atoms with van der Waals surface area (Å²) in [6.45, 7) is 0.620. The number of rotatable bonds is 4. The molecule has 0 aliphatic heterocycles. The molecule has 4 aromatic rings. The Morgan fingerprint density at radius 2 is 1.19 bits per heavy atom. The highest BCUT2D eigenvalue weighted by Gasteiger charge is 2.47. The number of nitrogens with two attached hydrogens (primary N) is 1. The van der Waals surface area contributed by atoms with Crippen molar-refractivity contribution in [2.45, 2.75) is 37.6 Å². The lowest BCUT2D eigenvalue weighted by molar-refractivity contribution is 0.506. The van der Waals surface area contributed by atoms with E-state index in [9.17, 15) is 0 Å². The Bertz CT molecular complexity index is 1220. The highest BCUT2D eigenvalue weighted by molar-refractivity contribution is 7.79. The maximum absolute atomic E-state index is 6.28. The topological polar surface area (TPSA) is 26.0 Å². The number of hydrogen-bond acceptors (Lipinski definition) is 1. The number of fused-ring (bicyclic) bond motifs is 4. The van der Waals surface area contributed by atoms with Crippen LogP contribution >= 0.6 is 7.92 Å². The molecule has 0 amide bonds. The maximum Gasteiger partial charge on any atom is 0.0224 e. The molecule has 2 heteroatoms. The van der Waals surface area contributed by atoms with Gasteiger partial charge in [-0.3, -0.25) is 0 Å². The summed E-state index contributed by atoms with van der Waals surface area (Å²) in [4.78, 5) is 0. The molecule has 1 spiro atoms. The summed E-state index contributed by atoms with van der Waals surface area (Å²) < 4.78 is 0. The second-order valence-electron chi connectivity index (χ2n) is 9.06. The third-order valence-electron chi connectivity index (χ3n) is 7.45. The second kappa shape index (κ2) is 8.00. The average molecular weight is 434 g/mol. The minimum Gasteiger partial charge on any atom is -0.326 e. The minimum atomic E-state index is -0.625. The zero-order valence-corrected chi connectivity index (χ0v) is 19.2. The fraction of sp³-hybridized carbons (Fsp3) is 0.200. The molecule has 2 aliphatic rings. The first-order chi connectivity index (χ1) is 15.8. The van der Waals surface area contributed by atoms with Crippen molar-refractivity contribution in [3.8, 4) is 0 Å². The summed E-state index contributed by atoms with van der Waals surface area (Å²) in [7, 11) is -0.625. The van der Waals surface area contributed by atoms with Gasteiger partial charge in [-0.15, -0.1) is 0 Å². The van der Waals surface area contributed by atoms with Crippen molar-refractivity contribution < 1.29 is 0 Å². The van der Waals surface area contributed by atoms with Crippen LogP contribution in [0.15, 0.2) is 97.1 Å². The molecule has 2 N–H and O–H groups in total. The van der Waals surface area contributed by atoms with Crippen molar-refractivity contribution in [2.24, 2.45) is 5.73 Å². The van der Waals surface area contributed by atoms with Crippen LogP contribution in [0.1, 0.15) is 40.7 Å². The van der Waals surface area contributed by atoms with Crippen LogP contribution < -0.4 is 21.6 Å². The Morgan fingerprint density at radius 1 is 0.625 bits per heavy atom. The molecule has 32 heavy (non-hydrogen) atoms. The van der Waals surface area contributed by atoms with Crippen LogP contribution in [-0.4, -0.2) is 0 Å². The van der Waals surface area contributed by atoms with E-state index in [2.05, 4.69) is 97.1 Å². The SMILES string of the molecule is NCc1cccc2c1[C@@]1(CC2)CCc2cccc(P(c3ccccc3)c3ccccc3)c21. The van der Waals surface area contributed by atoms with Gasteiger partial charge in [0.15, 0.2) is 0 Å². The number of aryl methyl sites for hydroxylation is 2. The number of hydrogen-bond donors (Lipinski definition) is 1. The predicted molar refractivity (Wildman–Crippen MR) is 137 cm³/mol. The first kappa shape index (κ1) is 19.9. The molecule has 0 saturated heterocycles. The van der Waals surface area contributed by atoms with Gasteiger partial charge in [0.2, 0.25) is 0 Å². The molecule has 1 nitrogen and oxygen atoms in total. The van der Waals surface area contributed by atoms with Crippen LogP contribution in [0.4, 0.5) is 0 Å². The Morgan fingerprint density at radius 3 is 1.78 bits per heavy atom. The Labute approximate surface area is 192 Å². The highest BCUT2D eigenvalue weighted by Crippen LogP contribution is 2.54. The molecule has 0 unspecified atom stereocenters. The van der Waals surface area contributed by atoms with Gasteiger partial charge in [-0.1, -0.05) is 97.1 Å². The third-order valence-corrected chi connectivity index (χ3v) is 9.94. The normalized spacial score (nSPS) is 18.8. The summed E-state index contributed by atoms with van der Waals surface area (Å²) >= 11 is 0. The molecule has 2 aliphatic carbocycles. The van der Waals surface area contributed by atoms with Gasteiger partial charge in [-0.25, -0.2) is 0 Å². The van der Waals surface area contributed by atoms with Gasteiger partial charge in [-0.05, 0) is 77.3 Å². The second-order valence-corrected chi connectivity index (χ2v) is 11.2. The van der Waals surface area contributed by atoms with Crippen molar-refractivity contribution in [1.82, 2.24) is 0 Å². The van der Waals surface area contributed by atoms with Gasteiger partial charge in [0.1, 0.15) is 0 Å². The Kier molecular flexibility index (Phi) is 4.98. The van der Waals surface area contributed by atoms with Crippen molar-refractivity contribution in [3.05, 3.63) is 125 Å². The molecular weight excluding hydrogens is 405 g/mol. The molecule has 1 atom stereocenters. The molecule has 4 aromatic carbocycles. The van der Waals surface area contributed by atoms with Gasteiger partial charge < -0.3 is 5.73 Å². The fourth-order valence-electron chi connectivity index (χ4n) is 6.21. The lowest BCUT2D eigenvalue weighted by atomic mass is 9.75. The maximum atomic E-state index is 6.28. The summed E-state index contributed by atoms with van der Waals surface area (Å²) in [5, 5.41) is 4.39. The summed E-state index contributed by atoms with van der Waals surface area (Å²) in [6.07, 6.45) is 4.73. The van der Waals surface area contributed by atoms with Gasteiger partial charge in [0.25, 0.3) is 0 Å². The fourth-order valence-corrected chi connectivity index (χ4v) is 8.82. The molecule has 0 heterocycles. The zero-order chi connectivity index (χ0) is 21.5. The van der Waals surface area contributed by atoms with E-state index in [-0.39, 0.29) is 5.41 Å². The molecule has 6 rings (SSSR count). The van der Waals surface area contributed by atoms with Gasteiger partial charge in [0, 0.05) is 12.0 Å². The zero-order valence-electron chi connectivity index (χ0n) is 18.3. The first-order valence-corrected chi connectivity index (χ1v) is 13.0. The third kappa shape index (κ3) is 2.99. The Hall–Kier alpha value is -2.73. The Balaban J connectivity index is 1.62. The first-order valence-electron chi connectivity index (χ1n) is 11.7. The number of benzene rings is 4. The van der Waals surface area contributed by atoms with Crippen molar-refractivity contribution in [1.29, 1.82) is 0 Å². The van der Waals surface area contributed by atoms with E-state index in [1.54, 1.807) is 16.7 Å². The monoisotopic (exact) mass is 433 g/mol. The van der Waals surface area contributed by atoms with E-state index in [1.807, 2.05) is 0 Å². The lowest BCUT2D eigenvalue weighted by Crippen LogP contribution is -2.32. The van der Waals surface area contributed by atoms with E-state index in [0.717, 1.165) is 12.8 Å². The summed E-state index contributed by atoms with van der Waals surface area (Å²) in [5.74, 6) is 0. The van der Waals surface area contributed by atoms with Crippen LogP contribution in [0.25, 0.3) is 0 Å². The highest BCUT2D eigenvalue weighted by atomic mass is 31.1. The standard InChI is InChI=1S/C30H28NP/c31-21-24-11-7-9-22-17-19-30(28(22)24)20-18-23-10-8-16-27(29(23)30)32(25-12-3-1-4-13-25)26-14-5-2-6-15-26/h1-16H,17-21,31H2/t30-/m1/s1. The van der Waals surface area contributed by atoms with Crippen LogP contribution in [0.5, 0.6) is 0 Å².